The van der Waals surface area contributed by atoms with Crippen LogP contribution in [0, 0.1) is 5.92 Å². The number of nitrogens with zero attached hydrogens (tertiary/aromatic N) is 4. The number of amides is 1. The second-order valence-electron chi connectivity index (χ2n) is 8.66. The minimum absolute atomic E-state index is 0.00379. The van der Waals surface area contributed by atoms with E-state index < -0.39 is 9.84 Å². The average molecular weight is 426 g/mol. The molecule has 3 aromatic rings. The molecule has 8 nitrogen and oxygen atoms in total. The van der Waals surface area contributed by atoms with Gasteiger partial charge in [0.25, 0.3) is 5.91 Å². The SMILES string of the molecule is CN(C)C(=O)c1cc2cnc(Nc3ccc(S(C)(=O)=O)cc3)nc2n1C12CC(C1)C2. The predicted molar refractivity (Wildman–Crippen MR) is 114 cm³/mol. The molecule has 1 N–H and O–H groups in total. The molecule has 0 spiro atoms. The molecule has 2 bridgehead atoms. The highest BCUT2D eigenvalue weighted by atomic mass is 32.2. The molecule has 3 fully saturated rings. The van der Waals surface area contributed by atoms with E-state index in [0.717, 1.165) is 36.2 Å². The first-order valence-electron chi connectivity index (χ1n) is 9.84. The summed E-state index contributed by atoms with van der Waals surface area (Å²) in [5.74, 6) is 1.13. The third kappa shape index (κ3) is 2.87. The highest BCUT2D eigenvalue weighted by molar-refractivity contribution is 7.90. The Morgan fingerprint density at radius 1 is 1.20 bits per heavy atom. The van der Waals surface area contributed by atoms with Gasteiger partial charge in [-0.05, 0) is 55.5 Å². The molecule has 0 atom stereocenters. The molecule has 1 amide bonds. The summed E-state index contributed by atoms with van der Waals surface area (Å²) in [6, 6.07) is 8.35. The van der Waals surface area contributed by atoms with Crippen molar-refractivity contribution in [3.63, 3.8) is 0 Å². The van der Waals surface area contributed by atoms with Gasteiger partial charge < -0.3 is 14.8 Å². The number of rotatable bonds is 5. The first kappa shape index (κ1) is 19.0. The summed E-state index contributed by atoms with van der Waals surface area (Å²) in [4.78, 5) is 23.8. The molecular formula is C21H23N5O3S. The maximum atomic E-state index is 12.8. The molecule has 6 rings (SSSR count). The van der Waals surface area contributed by atoms with Gasteiger partial charge in [0.05, 0.1) is 4.90 Å². The Hall–Kier alpha value is -2.94. The van der Waals surface area contributed by atoms with Crippen LogP contribution in [0.5, 0.6) is 0 Å². The highest BCUT2D eigenvalue weighted by Crippen LogP contribution is 2.63. The molecule has 9 heteroatoms. The van der Waals surface area contributed by atoms with Gasteiger partial charge in [-0.15, -0.1) is 0 Å². The van der Waals surface area contributed by atoms with Crippen LogP contribution in [-0.4, -0.2) is 54.1 Å². The molecule has 0 aliphatic heterocycles. The maximum Gasteiger partial charge on any atom is 0.270 e. The number of aromatic nitrogens is 3. The van der Waals surface area contributed by atoms with Gasteiger partial charge in [0.2, 0.25) is 5.95 Å². The van der Waals surface area contributed by atoms with E-state index in [1.165, 1.54) is 6.26 Å². The van der Waals surface area contributed by atoms with Gasteiger partial charge in [0.15, 0.2) is 9.84 Å². The van der Waals surface area contributed by atoms with Gasteiger partial charge >= 0.3 is 0 Å². The molecule has 3 aliphatic carbocycles. The first-order chi connectivity index (χ1) is 14.2. The van der Waals surface area contributed by atoms with Crippen molar-refractivity contribution in [3.05, 3.63) is 42.2 Å². The van der Waals surface area contributed by atoms with Crippen molar-refractivity contribution in [1.29, 1.82) is 0 Å². The Balaban J connectivity index is 1.54. The van der Waals surface area contributed by atoms with Gasteiger partial charge in [-0.3, -0.25) is 4.79 Å². The zero-order valence-electron chi connectivity index (χ0n) is 17.1. The number of anilines is 2. The van der Waals surface area contributed by atoms with Crippen LogP contribution in [0.25, 0.3) is 11.0 Å². The van der Waals surface area contributed by atoms with Crippen LogP contribution < -0.4 is 5.32 Å². The lowest BCUT2D eigenvalue weighted by Gasteiger charge is -2.62. The van der Waals surface area contributed by atoms with E-state index in [1.54, 1.807) is 49.5 Å². The molecule has 2 aromatic heterocycles. The number of hydrogen-bond acceptors (Lipinski definition) is 6. The second kappa shape index (κ2) is 6.28. The van der Waals surface area contributed by atoms with Gasteiger partial charge in [-0.1, -0.05) is 0 Å². The Morgan fingerprint density at radius 2 is 1.87 bits per heavy atom. The normalized spacial score (nSPS) is 22.3. The standard InChI is InChI=1S/C21H23N5O3S/c1-25(2)19(27)17-8-14-12-22-20(23-15-4-6-16(7-5-15)30(3,28)29)24-18(14)26(17)21-9-13(10-21)11-21/h4-8,12-13H,9-11H2,1-3H3,(H,22,23,24). The van der Waals surface area contributed by atoms with E-state index in [4.69, 9.17) is 4.98 Å². The molecule has 2 heterocycles. The van der Waals surface area contributed by atoms with E-state index in [1.807, 2.05) is 6.07 Å². The number of carbonyl (C=O) groups is 1. The zero-order chi connectivity index (χ0) is 21.3. The summed E-state index contributed by atoms with van der Waals surface area (Å²) >= 11 is 0. The molecule has 156 valence electrons. The first-order valence-corrected chi connectivity index (χ1v) is 11.7. The lowest BCUT2D eigenvalue weighted by atomic mass is 9.49. The molecule has 0 saturated heterocycles. The Bertz CT molecular complexity index is 1260. The molecule has 0 unspecified atom stereocenters. The highest BCUT2D eigenvalue weighted by Gasteiger charge is 2.59. The molecular weight excluding hydrogens is 402 g/mol. The van der Waals surface area contributed by atoms with Crippen LogP contribution in [0.4, 0.5) is 11.6 Å². The zero-order valence-corrected chi connectivity index (χ0v) is 17.9. The quantitative estimate of drug-likeness (QED) is 0.675. The topological polar surface area (TPSA) is 97.2 Å². The van der Waals surface area contributed by atoms with Crippen molar-refractivity contribution in [2.75, 3.05) is 25.7 Å². The summed E-state index contributed by atoms with van der Waals surface area (Å²) in [7, 11) is 0.264. The number of sulfone groups is 1. The van der Waals surface area contributed by atoms with Gasteiger partial charge in [0.1, 0.15) is 11.3 Å². The van der Waals surface area contributed by atoms with E-state index in [2.05, 4.69) is 14.9 Å². The van der Waals surface area contributed by atoms with Crippen LogP contribution in [0.3, 0.4) is 0 Å². The van der Waals surface area contributed by atoms with Crippen LogP contribution in [0.1, 0.15) is 29.8 Å². The number of carbonyl (C=O) groups excluding carboxylic acids is 1. The van der Waals surface area contributed by atoms with Gasteiger partial charge in [-0.25, -0.2) is 13.4 Å². The monoisotopic (exact) mass is 425 g/mol. The molecule has 3 saturated carbocycles. The number of fused-ring (bicyclic) bond motifs is 1. The van der Waals surface area contributed by atoms with Gasteiger partial charge in [-0.2, -0.15) is 4.98 Å². The van der Waals surface area contributed by atoms with Crippen LogP contribution in [-0.2, 0) is 15.4 Å². The minimum atomic E-state index is -3.25. The van der Waals surface area contributed by atoms with E-state index in [9.17, 15) is 13.2 Å². The van der Waals surface area contributed by atoms with E-state index in [0.29, 0.717) is 17.3 Å². The summed E-state index contributed by atoms with van der Waals surface area (Å²) in [5, 5.41) is 3.97. The summed E-state index contributed by atoms with van der Waals surface area (Å²) in [5.41, 5.74) is 2.09. The molecule has 30 heavy (non-hydrogen) atoms. The number of benzene rings is 1. The fraction of sp³-hybridized carbons (Fsp3) is 0.381. The van der Waals surface area contributed by atoms with Crippen LogP contribution in [0.2, 0.25) is 0 Å². The van der Waals surface area contributed by atoms with Crippen molar-refractivity contribution >= 4 is 38.4 Å². The second-order valence-corrected chi connectivity index (χ2v) is 10.7. The van der Waals surface area contributed by atoms with Crippen molar-refractivity contribution in [1.82, 2.24) is 19.4 Å². The fourth-order valence-electron chi connectivity index (χ4n) is 4.54. The van der Waals surface area contributed by atoms with Crippen molar-refractivity contribution in [2.24, 2.45) is 5.92 Å². The van der Waals surface area contributed by atoms with E-state index >= 15 is 0 Å². The summed E-state index contributed by atoms with van der Waals surface area (Å²) in [6.45, 7) is 0. The Kier molecular flexibility index (Phi) is 3.99. The lowest BCUT2D eigenvalue weighted by molar-refractivity contribution is -0.0870. The molecule has 3 aliphatic rings. The fourth-order valence-corrected chi connectivity index (χ4v) is 5.17. The number of nitrogens with one attached hydrogen (secondary N) is 1. The third-order valence-electron chi connectivity index (χ3n) is 6.19. The largest absolute Gasteiger partial charge is 0.343 e. The van der Waals surface area contributed by atoms with Crippen molar-refractivity contribution in [3.8, 4) is 0 Å². The summed E-state index contributed by atoms with van der Waals surface area (Å²) < 4.78 is 25.4. The number of hydrogen-bond donors (Lipinski definition) is 1. The van der Waals surface area contributed by atoms with E-state index in [-0.39, 0.29) is 16.3 Å². The van der Waals surface area contributed by atoms with Crippen LogP contribution in [0.15, 0.2) is 41.4 Å². The maximum absolute atomic E-state index is 12.8. The third-order valence-corrected chi connectivity index (χ3v) is 7.31. The minimum Gasteiger partial charge on any atom is -0.343 e. The lowest BCUT2D eigenvalue weighted by Crippen LogP contribution is -2.60. The Labute approximate surface area is 174 Å². The van der Waals surface area contributed by atoms with Crippen LogP contribution >= 0.6 is 0 Å². The molecule has 1 aromatic carbocycles. The Morgan fingerprint density at radius 3 is 2.40 bits per heavy atom. The predicted octanol–water partition coefficient (Wildman–Crippen LogP) is 2.79. The van der Waals surface area contributed by atoms with Crippen molar-refractivity contribution in [2.45, 2.75) is 29.7 Å². The van der Waals surface area contributed by atoms with Crippen molar-refractivity contribution < 1.29 is 13.2 Å². The molecule has 0 radical (unpaired) electrons. The summed E-state index contributed by atoms with van der Waals surface area (Å²) in [6.07, 6.45) is 6.17. The average Bonchev–Trinajstić information content (AvgIpc) is 2.97. The van der Waals surface area contributed by atoms with Gasteiger partial charge in [0, 0.05) is 43.2 Å². The smallest absolute Gasteiger partial charge is 0.270 e.